The molecule has 39 heavy (non-hydrogen) atoms. The lowest BCUT2D eigenvalue weighted by Gasteiger charge is -2.36. The predicted molar refractivity (Wildman–Crippen MR) is 142 cm³/mol. The van der Waals surface area contributed by atoms with Crippen molar-refractivity contribution in [3.05, 3.63) is 81.0 Å². The van der Waals surface area contributed by atoms with E-state index in [9.17, 15) is 14.9 Å². The van der Waals surface area contributed by atoms with Crippen LogP contribution in [-0.2, 0) is 9.53 Å². The van der Waals surface area contributed by atoms with E-state index in [1.165, 1.54) is 33.5 Å². The average molecular weight is 550 g/mol. The molecule has 0 aliphatic carbocycles. The summed E-state index contributed by atoms with van der Waals surface area (Å²) < 4.78 is 35.7. The number of carbonyl (C=O) groups is 1. The van der Waals surface area contributed by atoms with Gasteiger partial charge in [0.15, 0.2) is 23.0 Å². The summed E-state index contributed by atoms with van der Waals surface area (Å²) in [4.78, 5) is 24.0. The highest BCUT2D eigenvalue weighted by Crippen LogP contribution is 2.55. The van der Waals surface area contributed by atoms with E-state index in [2.05, 4.69) is 0 Å². The predicted octanol–water partition coefficient (Wildman–Crippen LogP) is 4.03. The second kappa shape index (κ2) is 9.67. The van der Waals surface area contributed by atoms with Gasteiger partial charge in [0.2, 0.25) is 12.5 Å². The summed E-state index contributed by atoms with van der Waals surface area (Å²) in [5.74, 6) is 1.56. The van der Waals surface area contributed by atoms with Crippen LogP contribution >= 0.6 is 8.73 Å². The molecule has 200 valence electrons. The molecule has 0 radical (unpaired) electrons. The largest absolute Gasteiger partial charge is 0.493 e. The number of anilines is 1. The number of nitrogens with zero attached hydrogens (tertiary/aromatic N) is 2. The molecule has 12 heteroatoms. The summed E-state index contributed by atoms with van der Waals surface area (Å²) in [5.41, 5.74) is 3.57. The first-order valence-corrected chi connectivity index (χ1v) is 12.8. The Morgan fingerprint density at radius 1 is 0.949 bits per heavy atom. The molecule has 0 N–H and O–H groups in total. The monoisotopic (exact) mass is 550 g/mol. The molecule has 11 nitrogen and oxygen atoms in total. The number of nitro groups is 1. The van der Waals surface area contributed by atoms with Crippen LogP contribution < -0.4 is 33.7 Å². The van der Waals surface area contributed by atoms with Crippen LogP contribution in [0.2, 0.25) is 0 Å². The molecule has 0 aromatic heterocycles. The van der Waals surface area contributed by atoms with Crippen molar-refractivity contribution in [2.24, 2.45) is 0 Å². The van der Waals surface area contributed by atoms with Crippen LogP contribution in [0.1, 0.15) is 17.0 Å². The van der Waals surface area contributed by atoms with Crippen molar-refractivity contribution in [1.82, 2.24) is 0 Å². The third-order valence-corrected chi connectivity index (χ3v) is 8.17. The summed E-state index contributed by atoms with van der Waals surface area (Å²) in [6.07, 6.45) is 0. The highest BCUT2D eigenvalue weighted by Gasteiger charge is 2.43. The molecule has 3 aromatic carbocycles. The van der Waals surface area contributed by atoms with Gasteiger partial charge in [0.1, 0.15) is 6.61 Å². The smallest absolute Gasteiger partial charge is 0.337 e. The Morgan fingerprint density at radius 3 is 2.23 bits per heavy atom. The number of hydrogen-bond acceptors (Lipinski definition) is 10. The van der Waals surface area contributed by atoms with Gasteiger partial charge in [0, 0.05) is 32.8 Å². The Bertz CT molecular complexity index is 1510. The molecule has 0 saturated heterocycles. The summed E-state index contributed by atoms with van der Waals surface area (Å²) in [6.45, 7) is 0.176. The Morgan fingerprint density at radius 2 is 1.62 bits per heavy atom. The Balaban J connectivity index is 1.54. The van der Waals surface area contributed by atoms with E-state index in [-0.39, 0.29) is 27.8 Å². The molecule has 3 aromatic rings. The van der Waals surface area contributed by atoms with Gasteiger partial charge >= 0.3 is 5.97 Å². The number of esters is 1. The van der Waals surface area contributed by atoms with Crippen LogP contribution in [0.15, 0.2) is 59.8 Å². The third-order valence-electron chi connectivity index (χ3n) is 6.84. The summed E-state index contributed by atoms with van der Waals surface area (Å²) >= 11 is 0. The van der Waals surface area contributed by atoms with Crippen molar-refractivity contribution in [3.8, 4) is 28.7 Å². The maximum absolute atomic E-state index is 13.3. The van der Waals surface area contributed by atoms with Crippen molar-refractivity contribution in [2.45, 2.75) is 5.92 Å². The Labute approximate surface area is 224 Å². The number of ether oxygens (including phenoxy) is 6. The van der Waals surface area contributed by atoms with Crippen molar-refractivity contribution in [2.75, 3.05) is 39.4 Å². The van der Waals surface area contributed by atoms with Gasteiger partial charge in [-0.05, 0) is 46.8 Å². The fourth-order valence-electron chi connectivity index (χ4n) is 5.08. The zero-order valence-corrected chi connectivity index (χ0v) is 22.2. The molecular formula is C27H23N2O9P. The van der Waals surface area contributed by atoms with Crippen LogP contribution in [0.4, 0.5) is 11.4 Å². The topological polar surface area (TPSA) is 119 Å². The van der Waals surface area contributed by atoms with Gasteiger partial charge in [-0.15, -0.1) is 0 Å². The van der Waals surface area contributed by atoms with Crippen LogP contribution in [0.25, 0.3) is 0 Å². The zero-order valence-electron chi connectivity index (χ0n) is 21.2. The Kier molecular flexibility index (Phi) is 6.15. The van der Waals surface area contributed by atoms with Crippen molar-refractivity contribution in [3.63, 3.8) is 0 Å². The quantitative estimate of drug-likeness (QED) is 0.185. The number of methoxy groups -OCH3 is 3. The maximum Gasteiger partial charge on any atom is 0.337 e. The first-order valence-electron chi connectivity index (χ1n) is 11.9. The molecule has 0 saturated carbocycles. The minimum Gasteiger partial charge on any atom is -0.493 e. The van der Waals surface area contributed by atoms with E-state index in [0.29, 0.717) is 40.0 Å². The highest BCUT2D eigenvalue weighted by molar-refractivity contribution is 7.49. The van der Waals surface area contributed by atoms with E-state index < -0.39 is 16.8 Å². The highest BCUT2D eigenvalue weighted by atomic mass is 31.1. The maximum atomic E-state index is 13.3. The molecular weight excluding hydrogens is 527 g/mol. The van der Waals surface area contributed by atoms with Gasteiger partial charge in [-0.1, -0.05) is 0 Å². The average Bonchev–Trinajstić information content (AvgIpc) is 3.57. The molecule has 0 fully saturated rings. The zero-order chi connectivity index (χ0) is 27.3. The van der Waals surface area contributed by atoms with E-state index in [1.807, 2.05) is 28.9 Å². The number of hydrogen-bond donors (Lipinski definition) is 0. The summed E-state index contributed by atoms with van der Waals surface area (Å²) in [7, 11) is 4.63. The molecule has 2 unspecified atom stereocenters. The molecule has 3 heterocycles. The number of benzene rings is 3. The molecule has 0 amide bonds. The lowest BCUT2D eigenvalue weighted by atomic mass is 9.80. The van der Waals surface area contributed by atoms with E-state index in [4.69, 9.17) is 28.4 Å². The number of nitro benzene ring substituents is 1. The molecule has 0 spiro atoms. The van der Waals surface area contributed by atoms with Crippen LogP contribution in [0.5, 0.6) is 28.7 Å². The van der Waals surface area contributed by atoms with Crippen LogP contribution in [-0.4, -0.2) is 45.6 Å². The lowest BCUT2D eigenvalue weighted by Crippen LogP contribution is -2.27. The van der Waals surface area contributed by atoms with Crippen molar-refractivity contribution < 1.29 is 38.1 Å². The van der Waals surface area contributed by atoms with Crippen LogP contribution in [0.3, 0.4) is 0 Å². The fraction of sp³-hybridized carbons (Fsp3) is 0.222. The lowest BCUT2D eigenvalue weighted by molar-refractivity contribution is -0.384. The van der Waals surface area contributed by atoms with Crippen LogP contribution in [0, 0.1) is 10.1 Å². The van der Waals surface area contributed by atoms with Gasteiger partial charge in [0.05, 0.1) is 43.2 Å². The van der Waals surface area contributed by atoms with Gasteiger partial charge in [-0.25, -0.2) is 4.79 Å². The van der Waals surface area contributed by atoms with Gasteiger partial charge < -0.3 is 33.1 Å². The van der Waals surface area contributed by atoms with Gasteiger partial charge in [-0.3, -0.25) is 10.1 Å². The SMILES string of the molecule is COc1cc(C2C3=C(COC3=O)N(Pc3ccc([N+](=O)[O-])cc3)c3cc4c(cc32)OCO4)cc(OC)c1OC. The van der Waals surface area contributed by atoms with Gasteiger partial charge in [-0.2, -0.15) is 0 Å². The first-order chi connectivity index (χ1) is 18.9. The van der Waals surface area contributed by atoms with Gasteiger partial charge in [0.25, 0.3) is 5.69 Å². The van der Waals surface area contributed by atoms with E-state index >= 15 is 0 Å². The third kappa shape index (κ3) is 4.06. The number of carbonyl (C=O) groups excluding carboxylic acids is 1. The van der Waals surface area contributed by atoms with E-state index in [0.717, 1.165) is 22.1 Å². The minimum absolute atomic E-state index is 0.00714. The number of fused-ring (bicyclic) bond motifs is 2. The molecule has 3 aliphatic heterocycles. The summed E-state index contributed by atoms with van der Waals surface area (Å²) in [5, 5.41) is 12.0. The van der Waals surface area contributed by atoms with Crippen molar-refractivity contribution >= 4 is 31.4 Å². The number of rotatable bonds is 7. The minimum atomic E-state index is -0.522. The van der Waals surface area contributed by atoms with E-state index in [1.54, 1.807) is 12.1 Å². The number of cyclic esters (lactones) is 1. The second-order valence-corrected chi connectivity index (χ2v) is 10.1. The summed E-state index contributed by atoms with van der Waals surface area (Å²) in [6, 6.07) is 13.8. The molecule has 2 atom stereocenters. The standard InChI is InChI=1S/C27H23N2O9P/c1-33-22-8-14(9-23(34-2)26(22)35-3)24-17-10-20-21(38-13-37-20)11-18(17)28(19-12-36-27(30)25(19)24)39-16-6-4-15(5-7-16)29(31)32/h4-11,24,39H,12-13H2,1-3H3. The molecule has 0 bridgehead atoms. The van der Waals surface area contributed by atoms with Crippen molar-refractivity contribution in [1.29, 1.82) is 0 Å². The fourth-order valence-corrected chi connectivity index (χ4v) is 6.29. The first kappa shape index (κ1) is 24.8. The second-order valence-electron chi connectivity index (χ2n) is 8.84. The number of non-ortho nitro benzene ring substituents is 1. The molecule has 3 aliphatic rings. The normalized spacial score (nSPS) is 17.3. The molecule has 6 rings (SSSR count). The Hall–Kier alpha value is -4.50.